The van der Waals surface area contributed by atoms with Gasteiger partial charge >= 0.3 is 12.1 Å². The molecule has 0 unspecified atom stereocenters. The fourth-order valence-corrected chi connectivity index (χ4v) is 5.91. The number of anilines is 1. The van der Waals surface area contributed by atoms with Gasteiger partial charge in [-0.05, 0) is 35.8 Å². The van der Waals surface area contributed by atoms with Crippen molar-refractivity contribution in [3.05, 3.63) is 82.8 Å². The summed E-state index contributed by atoms with van der Waals surface area (Å²) in [6.07, 6.45) is 0.206. The minimum Gasteiger partial charge on any atom is -0.543 e. The molecule has 2 aromatic rings. The minimum atomic E-state index is -5.08. The Morgan fingerprint density at radius 2 is 1.78 bits per heavy atom. The Hall–Kier alpha value is -4.84. The molecule has 4 heterocycles. The van der Waals surface area contributed by atoms with Crippen LogP contribution in [0.3, 0.4) is 0 Å². The van der Waals surface area contributed by atoms with Crippen molar-refractivity contribution >= 4 is 47.1 Å². The van der Waals surface area contributed by atoms with E-state index in [0.29, 0.717) is 36.4 Å². The first-order valence-electron chi connectivity index (χ1n) is 13.2. The molecule has 2 fully saturated rings. The number of nitrogens with zero attached hydrogens (tertiary/aromatic N) is 3. The van der Waals surface area contributed by atoms with Crippen molar-refractivity contribution in [2.24, 2.45) is 5.73 Å². The van der Waals surface area contributed by atoms with E-state index in [9.17, 15) is 46.2 Å². The summed E-state index contributed by atoms with van der Waals surface area (Å²) in [5.41, 5.74) is 7.28. The molecule has 3 aliphatic heterocycles. The van der Waals surface area contributed by atoms with Crippen LogP contribution in [-0.4, -0.2) is 74.5 Å². The second kappa shape index (κ2) is 13.7. The van der Waals surface area contributed by atoms with Crippen LogP contribution in [0.25, 0.3) is 0 Å². The SMILES string of the molecule is N[C@@H]1C(=O)N2C(C(=O)[O-])=C(C=C3CCN(Cc4cc[n+](CC(=O)Nc5ccc(F)c(F)c5)cc4)C3=O)CS[C@H]12.O=C(O)C(F)(F)F. The largest absolute Gasteiger partial charge is 0.543 e. The number of halogens is 5. The van der Waals surface area contributed by atoms with Crippen LogP contribution in [0.2, 0.25) is 0 Å². The molecule has 3 amide bonds. The van der Waals surface area contributed by atoms with Crippen LogP contribution in [0.1, 0.15) is 12.0 Å². The number of carboxylic acid groups (broad SMARTS) is 2. The van der Waals surface area contributed by atoms with Gasteiger partial charge in [0.25, 0.3) is 5.91 Å². The molecular formula is C28H24F5N5O7S. The van der Waals surface area contributed by atoms with Crippen molar-refractivity contribution < 1.29 is 60.7 Å². The highest BCUT2D eigenvalue weighted by molar-refractivity contribution is 8.00. The summed E-state index contributed by atoms with van der Waals surface area (Å²) >= 11 is 1.35. The number of carboxylic acids is 2. The summed E-state index contributed by atoms with van der Waals surface area (Å²) < 4.78 is 59.7. The van der Waals surface area contributed by atoms with Gasteiger partial charge in [0.2, 0.25) is 18.4 Å². The smallest absolute Gasteiger partial charge is 0.490 e. The van der Waals surface area contributed by atoms with Gasteiger partial charge in [-0.3, -0.25) is 19.3 Å². The number of nitrogens with two attached hydrogens (primary N) is 1. The third-order valence-electron chi connectivity index (χ3n) is 6.90. The maximum absolute atomic E-state index is 13.3. The summed E-state index contributed by atoms with van der Waals surface area (Å²) in [7, 11) is 0. The lowest BCUT2D eigenvalue weighted by Crippen LogP contribution is -2.69. The number of alkyl halides is 3. The van der Waals surface area contributed by atoms with Gasteiger partial charge in [-0.25, -0.2) is 13.6 Å². The van der Waals surface area contributed by atoms with Crippen molar-refractivity contribution in [2.75, 3.05) is 17.6 Å². The van der Waals surface area contributed by atoms with Crippen LogP contribution in [0, 0.1) is 11.6 Å². The molecule has 18 heteroatoms. The van der Waals surface area contributed by atoms with E-state index in [-0.39, 0.29) is 23.8 Å². The highest BCUT2D eigenvalue weighted by atomic mass is 32.2. The number of likely N-dealkylation sites (tertiary alicyclic amines) is 1. The molecule has 244 valence electrons. The van der Waals surface area contributed by atoms with E-state index in [1.807, 2.05) is 0 Å². The van der Waals surface area contributed by atoms with E-state index < -0.39 is 53.0 Å². The molecule has 3 aliphatic rings. The number of amides is 3. The molecule has 0 aliphatic carbocycles. The van der Waals surface area contributed by atoms with E-state index in [1.165, 1.54) is 17.8 Å². The number of pyridine rings is 1. The molecule has 46 heavy (non-hydrogen) atoms. The van der Waals surface area contributed by atoms with E-state index in [4.69, 9.17) is 15.6 Å². The third kappa shape index (κ3) is 7.68. The Balaban J connectivity index is 0.000000617. The number of hydrogen-bond donors (Lipinski definition) is 3. The van der Waals surface area contributed by atoms with E-state index in [1.54, 1.807) is 40.1 Å². The first kappa shape index (κ1) is 34.0. The first-order valence-corrected chi connectivity index (χ1v) is 14.3. The van der Waals surface area contributed by atoms with E-state index in [2.05, 4.69) is 5.32 Å². The maximum Gasteiger partial charge on any atom is 0.490 e. The summed E-state index contributed by atoms with van der Waals surface area (Å²) in [4.78, 5) is 60.8. The van der Waals surface area contributed by atoms with Gasteiger partial charge in [-0.15, -0.1) is 11.8 Å². The number of carbonyl (C=O) groups is 5. The minimum absolute atomic E-state index is 0.0615. The lowest BCUT2D eigenvalue weighted by molar-refractivity contribution is -0.684. The third-order valence-corrected chi connectivity index (χ3v) is 8.22. The monoisotopic (exact) mass is 669 g/mol. The fraction of sp³-hybridized carbons (Fsp3) is 0.286. The number of nitrogens with one attached hydrogen (secondary N) is 1. The summed E-state index contributed by atoms with van der Waals surface area (Å²) in [5.74, 6) is -7.15. The van der Waals surface area contributed by atoms with Crippen LogP contribution in [0.15, 0.2) is 65.6 Å². The van der Waals surface area contributed by atoms with Gasteiger partial charge in [0.15, 0.2) is 24.0 Å². The zero-order valence-electron chi connectivity index (χ0n) is 23.4. The Labute approximate surface area is 260 Å². The molecule has 12 nitrogen and oxygen atoms in total. The van der Waals surface area contributed by atoms with Crippen LogP contribution < -0.4 is 20.7 Å². The molecule has 5 rings (SSSR count). The number of hydrogen-bond acceptors (Lipinski definition) is 8. The Bertz CT molecular complexity index is 1650. The average Bonchev–Trinajstić information content (AvgIpc) is 3.33. The zero-order chi connectivity index (χ0) is 33.9. The van der Waals surface area contributed by atoms with Crippen molar-refractivity contribution in [1.82, 2.24) is 9.80 Å². The number of fused-ring (bicyclic) bond motifs is 1. The summed E-state index contributed by atoms with van der Waals surface area (Å²) in [6, 6.07) is 5.86. The second-order valence-corrected chi connectivity index (χ2v) is 11.2. The Morgan fingerprint density at radius 3 is 2.37 bits per heavy atom. The number of allylic oxidation sites excluding steroid dienone is 1. The lowest BCUT2D eigenvalue weighted by atomic mass is 10.0. The van der Waals surface area contributed by atoms with Crippen molar-refractivity contribution in [3.63, 3.8) is 0 Å². The number of carbonyl (C=O) groups excluding carboxylic acids is 4. The Kier molecular flexibility index (Phi) is 10.1. The number of aromatic nitrogens is 1. The van der Waals surface area contributed by atoms with Gasteiger partial charge in [0, 0.05) is 48.3 Å². The normalized spacial score (nSPS) is 20.2. The number of thioether (sulfide) groups is 1. The molecule has 1 aromatic carbocycles. The van der Waals surface area contributed by atoms with Crippen molar-refractivity contribution in [2.45, 2.75) is 37.1 Å². The summed E-state index contributed by atoms with van der Waals surface area (Å²) in [5, 5.41) is 21.0. The molecule has 2 saturated heterocycles. The first-order chi connectivity index (χ1) is 21.6. The highest BCUT2D eigenvalue weighted by Gasteiger charge is 2.50. The topological polar surface area (TPSA) is 177 Å². The van der Waals surface area contributed by atoms with Gasteiger partial charge in [0.1, 0.15) is 11.4 Å². The van der Waals surface area contributed by atoms with Crippen LogP contribution in [0.5, 0.6) is 0 Å². The van der Waals surface area contributed by atoms with Gasteiger partial charge in [0.05, 0.1) is 11.7 Å². The molecule has 1 aromatic heterocycles. The predicted octanol–water partition coefficient (Wildman–Crippen LogP) is 0.429. The quantitative estimate of drug-likeness (QED) is 0.163. The molecular weight excluding hydrogens is 645 g/mol. The van der Waals surface area contributed by atoms with E-state index in [0.717, 1.165) is 22.6 Å². The number of benzene rings is 1. The second-order valence-electron chi connectivity index (χ2n) is 10.1. The van der Waals surface area contributed by atoms with E-state index >= 15 is 0 Å². The maximum atomic E-state index is 13.3. The van der Waals surface area contributed by atoms with Crippen LogP contribution in [0.4, 0.5) is 27.6 Å². The number of β-lactam (4-membered cyclic amide) rings is 1. The molecule has 4 N–H and O–H groups in total. The van der Waals surface area contributed by atoms with Crippen LogP contribution in [-0.2, 0) is 37.1 Å². The van der Waals surface area contributed by atoms with Crippen LogP contribution >= 0.6 is 11.8 Å². The summed E-state index contributed by atoms with van der Waals surface area (Å²) in [6.45, 7) is 0.683. The van der Waals surface area contributed by atoms with Gasteiger partial charge < -0.3 is 31.0 Å². The zero-order valence-corrected chi connectivity index (χ0v) is 24.2. The predicted molar refractivity (Wildman–Crippen MR) is 147 cm³/mol. The molecule has 0 spiro atoms. The molecule has 0 bridgehead atoms. The van der Waals surface area contributed by atoms with Gasteiger partial charge in [-0.1, -0.05) is 0 Å². The Morgan fingerprint density at radius 1 is 1.13 bits per heavy atom. The van der Waals surface area contributed by atoms with Crippen molar-refractivity contribution in [3.8, 4) is 0 Å². The van der Waals surface area contributed by atoms with Crippen molar-refractivity contribution in [1.29, 1.82) is 0 Å². The average molecular weight is 670 g/mol. The lowest BCUT2D eigenvalue weighted by Gasteiger charge is -2.49. The fourth-order valence-electron chi connectivity index (χ4n) is 4.66. The molecule has 0 saturated carbocycles. The molecule has 0 radical (unpaired) electrons. The standard InChI is InChI=1S/C26H23F2N5O5S.C2HF3O2/c27-18-2-1-17(10-19(18)28)30-20(34)12-31-6-3-14(4-7-31)11-32-8-5-15(23(32)35)9-16-13-39-25-21(29)24(36)33(25)22(16)26(37)38;3-2(4,5)1(6)7/h1-4,6-7,9-10,21,25H,5,8,11-13,29H2,(H-,30,34,37,38);(H,6,7)/t21-,25-;/m1./s1. The number of aliphatic carboxylic acids is 2. The number of rotatable bonds is 7. The molecule has 2 atom stereocenters. The highest BCUT2D eigenvalue weighted by Crippen LogP contribution is 2.40. The van der Waals surface area contributed by atoms with Gasteiger partial charge in [-0.2, -0.15) is 17.7 Å².